The Hall–Kier alpha value is -1.69. The fourth-order valence-electron chi connectivity index (χ4n) is 1.74. The minimum Gasteiger partial charge on any atom is -0.465 e. The monoisotopic (exact) mass is 301 g/mol. The van der Waals surface area contributed by atoms with Gasteiger partial charge in [0.1, 0.15) is 5.75 Å². The second kappa shape index (κ2) is 9.28. The molecule has 0 aliphatic heterocycles. The molecule has 0 bridgehead atoms. The van der Waals surface area contributed by atoms with Gasteiger partial charge in [-0.1, -0.05) is 25.5 Å². The van der Waals surface area contributed by atoms with Crippen LogP contribution in [0.15, 0.2) is 24.3 Å². The highest BCUT2D eigenvalue weighted by atomic mass is 19.3. The summed E-state index contributed by atoms with van der Waals surface area (Å²) in [5, 5.41) is 0. The summed E-state index contributed by atoms with van der Waals surface area (Å²) in [6.07, 6.45) is 1.84. The Morgan fingerprint density at radius 1 is 1.29 bits per heavy atom. The number of rotatable bonds is 9. The highest BCUT2D eigenvalue weighted by Gasteiger charge is 2.09. The molecule has 0 saturated heterocycles. The van der Waals surface area contributed by atoms with Crippen molar-refractivity contribution >= 4 is 5.97 Å². The van der Waals surface area contributed by atoms with Gasteiger partial charge in [-0.2, -0.15) is 8.78 Å². The molecule has 0 N–H and O–H groups in total. The van der Waals surface area contributed by atoms with Crippen molar-refractivity contribution < 1.29 is 23.0 Å². The Balaban J connectivity index is 2.36. The summed E-state index contributed by atoms with van der Waals surface area (Å²) in [6.45, 7) is 0.373. The molecule has 0 heterocycles. The van der Waals surface area contributed by atoms with Crippen molar-refractivity contribution in [1.29, 1.82) is 0 Å². The second-order valence-corrected chi connectivity index (χ2v) is 4.77. The lowest BCUT2D eigenvalue weighted by atomic mass is 10.2. The Morgan fingerprint density at radius 3 is 2.52 bits per heavy atom. The first kappa shape index (κ1) is 17.4. The zero-order valence-electron chi connectivity index (χ0n) is 12.4. The van der Waals surface area contributed by atoms with Crippen molar-refractivity contribution in [3.63, 3.8) is 0 Å². The van der Waals surface area contributed by atoms with Crippen LogP contribution in [-0.2, 0) is 16.1 Å². The summed E-state index contributed by atoms with van der Waals surface area (Å²) >= 11 is 0. The molecule has 1 aromatic rings. The number of nitrogens with zero attached hydrogens (tertiary/aromatic N) is 1. The minimum absolute atomic E-state index is 0.121. The number of likely N-dealkylation sites (N-methyl/N-ethyl adjacent to an activating group) is 1. The molecule has 21 heavy (non-hydrogen) atoms. The third kappa shape index (κ3) is 7.60. The van der Waals surface area contributed by atoms with Crippen molar-refractivity contribution in [1.82, 2.24) is 4.90 Å². The third-order valence-corrected chi connectivity index (χ3v) is 2.76. The van der Waals surface area contributed by atoms with E-state index in [9.17, 15) is 13.6 Å². The number of esters is 1. The lowest BCUT2D eigenvalue weighted by Gasteiger charge is -2.16. The van der Waals surface area contributed by atoms with Crippen LogP contribution in [0.2, 0.25) is 0 Å². The first-order valence-corrected chi connectivity index (χ1v) is 6.89. The van der Waals surface area contributed by atoms with Gasteiger partial charge < -0.3 is 9.47 Å². The van der Waals surface area contributed by atoms with Crippen LogP contribution in [0.5, 0.6) is 5.75 Å². The maximum atomic E-state index is 12.0. The van der Waals surface area contributed by atoms with Crippen LogP contribution < -0.4 is 4.74 Å². The van der Waals surface area contributed by atoms with E-state index in [4.69, 9.17) is 4.74 Å². The molecule has 0 aromatic heterocycles. The Bertz CT molecular complexity index is 423. The number of hydrogen-bond acceptors (Lipinski definition) is 4. The SMILES string of the molecule is CCCCOC(=O)CN(C)Cc1ccc(OC(F)F)cc1. The average molecular weight is 301 g/mol. The number of benzene rings is 1. The predicted octanol–water partition coefficient (Wildman–Crippen LogP) is 3.06. The molecule has 0 aliphatic rings. The van der Waals surface area contributed by atoms with Crippen molar-refractivity contribution in [2.45, 2.75) is 32.9 Å². The summed E-state index contributed by atoms with van der Waals surface area (Å²) < 4.78 is 33.4. The third-order valence-electron chi connectivity index (χ3n) is 2.76. The number of halogens is 2. The van der Waals surface area contributed by atoms with Gasteiger partial charge in [0.25, 0.3) is 0 Å². The van der Waals surface area contributed by atoms with Gasteiger partial charge >= 0.3 is 12.6 Å². The number of ether oxygens (including phenoxy) is 2. The molecule has 0 amide bonds. The van der Waals surface area contributed by atoms with Crippen LogP contribution in [0.4, 0.5) is 8.78 Å². The molecule has 0 unspecified atom stereocenters. The summed E-state index contributed by atoms with van der Waals surface area (Å²) in [5.41, 5.74) is 0.903. The zero-order valence-corrected chi connectivity index (χ0v) is 12.4. The van der Waals surface area contributed by atoms with Gasteiger partial charge in [0, 0.05) is 6.54 Å². The fourth-order valence-corrected chi connectivity index (χ4v) is 1.74. The van der Waals surface area contributed by atoms with Gasteiger partial charge in [-0.25, -0.2) is 0 Å². The smallest absolute Gasteiger partial charge is 0.387 e. The van der Waals surface area contributed by atoms with E-state index in [1.807, 2.05) is 6.92 Å². The van der Waals surface area contributed by atoms with Crippen molar-refractivity contribution in [2.75, 3.05) is 20.2 Å². The molecule has 1 aromatic carbocycles. The molecule has 1 rings (SSSR count). The molecule has 4 nitrogen and oxygen atoms in total. The summed E-state index contributed by atoms with van der Waals surface area (Å²) in [4.78, 5) is 13.3. The van der Waals surface area contributed by atoms with Crippen molar-refractivity contribution in [2.24, 2.45) is 0 Å². The standard InChI is InChI=1S/C15H21F2NO3/c1-3-4-9-20-14(19)11-18(2)10-12-5-7-13(8-6-12)21-15(16)17/h5-8,15H,3-4,9-11H2,1-2H3. The molecular formula is C15H21F2NO3. The number of carbonyl (C=O) groups excluding carboxylic acids is 1. The van der Waals surface area contributed by atoms with E-state index < -0.39 is 6.61 Å². The molecule has 0 atom stereocenters. The summed E-state index contributed by atoms with van der Waals surface area (Å²) in [5.74, 6) is -0.140. The van der Waals surface area contributed by atoms with E-state index >= 15 is 0 Å². The van der Waals surface area contributed by atoms with Crippen LogP contribution in [0.1, 0.15) is 25.3 Å². The topological polar surface area (TPSA) is 38.8 Å². The summed E-state index contributed by atoms with van der Waals surface area (Å²) in [6, 6.07) is 6.34. The maximum absolute atomic E-state index is 12.0. The van der Waals surface area contributed by atoms with Gasteiger partial charge in [-0.05, 0) is 31.2 Å². The number of alkyl halides is 2. The maximum Gasteiger partial charge on any atom is 0.387 e. The van der Waals surface area contributed by atoms with Gasteiger partial charge in [0.05, 0.1) is 13.2 Å². The highest BCUT2D eigenvalue weighted by molar-refractivity contribution is 5.71. The minimum atomic E-state index is -2.82. The van der Waals surface area contributed by atoms with E-state index in [2.05, 4.69) is 4.74 Å². The van der Waals surface area contributed by atoms with Crippen molar-refractivity contribution in [3.05, 3.63) is 29.8 Å². The second-order valence-electron chi connectivity index (χ2n) is 4.77. The van der Waals surface area contributed by atoms with E-state index in [0.29, 0.717) is 13.2 Å². The molecule has 118 valence electrons. The zero-order chi connectivity index (χ0) is 15.7. The van der Waals surface area contributed by atoms with Gasteiger partial charge in [0.15, 0.2) is 0 Å². The Kier molecular flexibility index (Phi) is 7.68. The van der Waals surface area contributed by atoms with Crippen LogP contribution in [0, 0.1) is 0 Å². The molecule has 0 saturated carbocycles. The molecule has 0 aliphatic carbocycles. The molecule has 0 radical (unpaired) electrons. The predicted molar refractivity (Wildman–Crippen MR) is 75.3 cm³/mol. The Labute approximate surface area is 123 Å². The van der Waals surface area contributed by atoms with E-state index in [1.54, 1.807) is 24.1 Å². The van der Waals surface area contributed by atoms with Crippen molar-refractivity contribution in [3.8, 4) is 5.75 Å². The average Bonchev–Trinajstić information content (AvgIpc) is 2.40. The lowest BCUT2D eigenvalue weighted by Crippen LogP contribution is -2.27. The number of hydrogen-bond donors (Lipinski definition) is 0. The van der Waals surface area contributed by atoms with Crippen LogP contribution >= 0.6 is 0 Å². The normalized spacial score (nSPS) is 11.0. The van der Waals surface area contributed by atoms with Crippen LogP contribution in [0.25, 0.3) is 0 Å². The Morgan fingerprint density at radius 2 is 1.95 bits per heavy atom. The quantitative estimate of drug-likeness (QED) is 0.519. The molecular weight excluding hydrogens is 280 g/mol. The molecule has 0 spiro atoms. The number of unbranched alkanes of at least 4 members (excludes halogenated alkanes) is 1. The molecule has 6 heteroatoms. The first-order chi connectivity index (χ1) is 10.0. The molecule has 0 fully saturated rings. The van der Waals surface area contributed by atoms with Gasteiger partial charge in [-0.15, -0.1) is 0 Å². The highest BCUT2D eigenvalue weighted by Crippen LogP contribution is 2.15. The van der Waals surface area contributed by atoms with Gasteiger partial charge in [0.2, 0.25) is 0 Å². The van der Waals surface area contributed by atoms with E-state index in [0.717, 1.165) is 18.4 Å². The van der Waals surface area contributed by atoms with E-state index in [-0.39, 0.29) is 18.3 Å². The fraction of sp³-hybridized carbons (Fsp3) is 0.533. The summed E-state index contributed by atoms with van der Waals surface area (Å²) in [7, 11) is 1.80. The largest absolute Gasteiger partial charge is 0.465 e. The van der Waals surface area contributed by atoms with Crippen LogP contribution in [0.3, 0.4) is 0 Å². The van der Waals surface area contributed by atoms with E-state index in [1.165, 1.54) is 12.1 Å². The van der Waals surface area contributed by atoms with Crippen LogP contribution in [-0.4, -0.2) is 37.7 Å². The van der Waals surface area contributed by atoms with Gasteiger partial charge in [-0.3, -0.25) is 9.69 Å². The lowest BCUT2D eigenvalue weighted by molar-refractivity contribution is -0.144. The number of carbonyl (C=O) groups is 1. The first-order valence-electron chi connectivity index (χ1n) is 6.89.